The standard InChI is InChI=1S/C30H30FN5O2S/c1-18-15-23(12-13-25(18)33-27(37)17-38-4)36-29(28(34-30(36)39)26-7-5-6-14-32-26)24-16-19(2)35(20(24)3)22-10-8-21(31)9-11-22/h5-16,28-29H,17H2,1-4H3,(H,33,37)(H,34,39)/t28-,29+/m1/s1. The predicted octanol–water partition coefficient (Wildman–Crippen LogP) is 5.70. The van der Waals surface area contributed by atoms with Crippen LogP contribution >= 0.6 is 12.2 Å². The van der Waals surface area contributed by atoms with Gasteiger partial charge in [0.15, 0.2) is 5.11 Å². The van der Waals surface area contributed by atoms with Crippen LogP contribution in [0.5, 0.6) is 0 Å². The molecule has 9 heteroatoms. The Balaban J connectivity index is 1.60. The summed E-state index contributed by atoms with van der Waals surface area (Å²) in [5.74, 6) is -0.488. The van der Waals surface area contributed by atoms with Gasteiger partial charge in [-0.3, -0.25) is 9.78 Å². The van der Waals surface area contributed by atoms with E-state index in [1.165, 1.54) is 19.2 Å². The number of nitrogens with one attached hydrogen (secondary N) is 2. The van der Waals surface area contributed by atoms with Gasteiger partial charge in [-0.1, -0.05) is 6.07 Å². The van der Waals surface area contributed by atoms with Crippen LogP contribution in [0.2, 0.25) is 0 Å². The van der Waals surface area contributed by atoms with Crippen molar-refractivity contribution in [3.8, 4) is 5.69 Å². The number of hydrogen-bond acceptors (Lipinski definition) is 4. The van der Waals surface area contributed by atoms with Crippen molar-refractivity contribution in [2.45, 2.75) is 32.9 Å². The van der Waals surface area contributed by atoms with Crippen molar-refractivity contribution in [1.82, 2.24) is 14.9 Å². The van der Waals surface area contributed by atoms with Crippen molar-refractivity contribution >= 4 is 34.6 Å². The minimum absolute atomic E-state index is 0.0151. The van der Waals surface area contributed by atoms with E-state index in [4.69, 9.17) is 17.0 Å². The minimum atomic E-state index is -0.273. The molecule has 3 heterocycles. The van der Waals surface area contributed by atoms with E-state index in [9.17, 15) is 9.18 Å². The molecule has 1 amide bonds. The Hall–Kier alpha value is -4.08. The van der Waals surface area contributed by atoms with Gasteiger partial charge in [0, 0.05) is 41.8 Å². The van der Waals surface area contributed by atoms with Gasteiger partial charge in [0.1, 0.15) is 12.4 Å². The van der Waals surface area contributed by atoms with E-state index in [0.29, 0.717) is 10.8 Å². The Morgan fingerprint density at radius 3 is 2.49 bits per heavy atom. The molecule has 4 aromatic rings. The number of aromatic nitrogens is 2. The number of aryl methyl sites for hydroxylation is 2. The van der Waals surface area contributed by atoms with Crippen LogP contribution in [0.15, 0.2) is 72.9 Å². The fraction of sp³-hybridized carbons (Fsp3) is 0.233. The van der Waals surface area contributed by atoms with E-state index in [1.54, 1.807) is 18.3 Å². The number of anilines is 2. The quantitative estimate of drug-likeness (QED) is 0.292. The zero-order valence-corrected chi connectivity index (χ0v) is 23.1. The third-order valence-corrected chi connectivity index (χ3v) is 7.32. The first-order valence-corrected chi connectivity index (χ1v) is 13.0. The molecule has 0 radical (unpaired) electrons. The average molecular weight is 544 g/mol. The largest absolute Gasteiger partial charge is 0.375 e. The maximum Gasteiger partial charge on any atom is 0.250 e. The summed E-state index contributed by atoms with van der Waals surface area (Å²) in [4.78, 5) is 18.9. The van der Waals surface area contributed by atoms with Gasteiger partial charge in [0.05, 0.1) is 17.8 Å². The summed E-state index contributed by atoms with van der Waals surface area (Å²) in [7, 11) is 1.49. The highest BCUT2D eigenvalue weighted by molar-refractivity contribution is 7.80. The first-order valence-electron chi connectivity index (χ1n) is 12.6. The molecule has 2 atom stereocenters. The lowest BCUT2D eigenvalue weighted by Crippen LogP contribution is -2.29. The minimum Gasteiger partial charge on any atom is -0.375 e. The molecule has 1 saturated heterocycles. The van der Waals surface area contributed by atoms with Crippen molar-refractivity contribution in [2.24, 2.45) is 0 Å². The van der Waals surface area contributed by atoms with Gasteiger partial charge in [-0.05, 0) is 105 Å². The van der Waals surface area contributed by atoms with Gasteiger partial charge >= 0.3 is 0 Å². The van der Waals surface area contributed by atoms with E-state index in [1.807, 2.05) is 50.2 Å². The lowest BCUT2D eigenvalue weighted by atomic mass is 9.96. The fourth-order valence-electron chi connectivity index (χ4n) is 5.28. The van der Waals surface area contributed by atoms with Crippen LogP contribution in [-0.4, -0.2) is 34.3 Å². The summed E-state index contributed by atoms with van der Waals surface area (Å²) >= 11 is 5.90. The molecule has 7 nitrogen and oxygen atoms in total. The van der Waals surface area contributed by atoms with Gasteiger partial charge < -0.3 is 24.8 Å². The predicted molar refractivity (Wildman–Crippen MR) is 155 cm³/mol. The van der Waals surface area contributed by atoms with Crippen molar-refractivity contribution < 1.29 is 13.9 Å². The number of methoxy groups -OCH3 is 1. The van der Waals surface area contributed by atoms with Gasteiger partial charge in [-0.2, -0.15) is 0 Å². The zero-order valence-electron chi connectivity index (χ0n) is 22.2. The first-order chi connectivity index (χ1) is 18.8. The summed E-state index contributed by atoms with van der Waals surface area (Å²) in [6.45, 7) is 6.05. The third-order valence-electron chi connectivity index (χ3n) is 7.01. The number of benzene rings is 2. The van der Waals surface area contributed by atoms with Gasteiger partial charge in [0.25, 0.3) is 0 Å². The van der Waals surface area contributed by atoms with Crippen LogP contribution in [0.3, 0.4) is 0 Å². The second kappa shape index (κ2) is 11.0. The number of carbonyl (C=O) groups excluding carboxylic acids is 1. The SMILES string of the molecule is COCC(=O)Nc1ccc(N2C(=S)N[C@H](c3ccccn3)[C@@H]2c2cc(C)n(-c3ccc(F)cc3)c2C)cc1C. The summed E-state index contributed by atoms with van der Waals surface area (Å²) in [6.07, 6.45) is 1.78. The highest BCUT2D eigenvalue weighted by Crippen LogP contribution is 2.44. The fourth-order valence-corrected chi connectivity index (χ4v) is 5.62. The molecule has 0 bridgehead atoms. The molecule has 1 aliphatic heterocycles. The molecular weight excluding hydrogens is 513 g/mol. The van der Waals surface area contributed by atoms with Crippen LogP contribution in [0, 0.1) is 26.6 Å². The first kappa shape index (κ1) is 26.5. The number of halogens is 1. The van der Waals surface area contributed by atoms with E-state index < -0.39 is 0 Å². The van der Waals surface area contributed by atoms with E-state index in [-0.39, 0.29) is 30.4 Å². The van der Waals surface area contributed by atoms with Crippen LogP contribution in [-0.2, 0) is 9.53 Å². The molecular formula is C30H30FN5O2S. The molecule has 200 valence electrons. The second-order valence-electron chi connectivity index (χ2n) is 9.62. The molecule has 2 aromatic heterocycles. The molecule has 1 aliphatic rings. The molecule has 0 aliphatic carbocycles. The molecule has 1 fully saturated rings. The highest BCUT2D eigenvalue weighted by Gasteiger charge is 2.42. The summed E-state index contributed by atoms with van der Waals surface area (Å²) in [5.41, 5.74) is 7.40. The topological polar surface area (TPSA) is 71.4 Å². The van der Waals surface area contributed by atoms with Crippen LogP contribution in [0.4, 0.5) is 15.8 Å². The average Bonchev–Trinajstić information content (AvgIpc) is 3.41. The van der Waals surface area contributed by atoms with Crippen molar-refractivity contribution in [1.29, 1.82) is 0 Å². The van der Waals surface area contributed by atoms with Gasteiger partial charge in [-0.25, -0.2) is 4.39 Å². The van der Waals surface area contributed by atoms with Gasteiger partial charge in [-0.15, -0.1) is 0 Å². The maximum atomic E-state index is 13.7. The van der Waals surface area contributed by atoms with Crippen molar-refractivity contribution in [2.75, 3.05) is 23.9 Å². The number of hydrogen-bond donors (Lipinski definition) is 2. The Morgan fingerprint density at radius 2 is 1.82 bits per heavy atom. The van der Waals surface area contributed by atoms with E-state index in [2.05, 4.69) is 38.1 Å². The van der Waals surface area contributed by atoms with Gasteiger partial charge in [0.2, 0.25) is 5.91 Å². The summed E-state index contributed by atoms with van der Waals surface area (Å²) in [5, 5.41) is 6.97. The monoisotopic (exact) mass is 543 g/mol. The highest BCUT2D eigenvalue weighted by atomic mass is 32.1. The van der Waals surface area contributed by atoms with E-state index in [0.717, 1.165) is 39.6 Å². The Kier molecular flexibility index (Phi) is 7.45. The smallest absolute Gasteiger partial charge is 0.250 e. The number of nitrogens with zero attached hydrogens (tertiary/aromatic N) is 3. The lowest BCUT2D eigenvalue weighted by Gasteiger charge is -2.29. The Bertz CT molecular complexity index is 1520. The van der Waals surface area contributed by atoms with Crippen molar-refractivity contribution in [3.05, 3.63) is 107 Å². The normalized spacial score (nSPS) is 16.8. The molecule has 2 aromatic carbocycles. The lowest BCUT2D eigenvalue weighted by molar-refractivity contribution is -0.119. The molecule has 39 heavy (non-hydrogen) atoms. The number of rotatable bonds is 7. The van der Waals surface area contributed by atoms with Crippen LogP contribution < -0.4 is 15.5 Å². The molecule has 0 unspecified atom stereocenters. The molecule has 0 saturated carbocycles. The third kappa shape index (κ3) is 5.15. The number of carbonyl (C=O) groups is 1. The number of amides is 1. The van der Waals surface area contributed by atoms with Crippen LogP contribution in [0.1, 0.15) is 40.3 Å². The maximum absolute atomic E-state index is 13.7. The zero-order chi connectivity index (χ0) is 27.7. The Morgan fingerprint density at radius 1 is 1.08 bits per heavy atom. The number of thiocarbonyl (C=S) groups is 1. The second-order valence-corrected chi connectivity index (χ2v) is 10.0. The summed E-state index contributed by atoms with van der Waals surface area (Å²) < 4.78 is 20.7. The van der Waals surface area contributed by atoms with E-state index >= 15 is 0 Å². The molecule has 5 rings (SSSR count). The van der Waals surface area contributed by atoms with Crippen LogP contribution in [0.25, 0.3) is 5.69 Å². The summed E-state index contributed by atoms with van der Waals surface area (Å²) in [6, 6.07) is 20.0. The number of ether oxygens (including phenoxy) is 1. The van der Waals surface area contributed by atoms with Crippen molar-refractivity contribution in [3.63, 3.8) is 0 Å². The number of pyridine rings is 1. The molecule has 0 spiro atoms. The Labute approximate surface area is 232 Å². The molecule has 2 N–H and O–H groups in total.